The Morgan fingerprint density at radius 2 is 1.86 bits per heavy atom. The van der Waals surface area contributed by atoms with Crippen molar-refractivity contribution >= 4 is 5.91 Å². The number of carbonyl (C=O) groups excluding carboxylic acids is 1. The Kier molecular flexibility index (Phi) is 4.35. The van der Waals surface area contributed by atoms with Crippen molar-refractivity contribution in [3.05, 3.63) is 0 Å². The summed E-state index contributed by atoms with van der Waals surface area (Å²) in [5, 5.41) is 0. The molecule has 0 saturated carbocycles. The van der Waals surface area contributed by atoms with E-state index in [0.29, 0.717) is 0 Å². The molecule has 1 saturated heterocycles. The molecule has 1 aliphatic rings. The van der Waals surface area contributed by atoms with Gasteiger partial charge in [-0.15, -0.1) is 0 Å². The predicted molar refractivity (Wildman–Crippen MR) is 57.0 cm³/mol. The largest absolute Gasteiger partial charge is 0.339 e. The van der Waals surface area contributed by atoms with E-state index in [0.717, 1.165) is 39.1 Å². The molecule has 0 radical (unpaired) electrons. The van der Waals surface area contributed by atoms with Crippen LogP contribution in [0.2, 0.25) is 0 Å². The molecule has 1 heterocycles. The van der Waals surface area contributed by atoms with E-state index >= 15 is 0 Å². The summed E-state index contributed by atoms with van der Waals surface area (Å²) in [6.07, 6.45) is 0.729. The average molecular weight is 199 g/mol. The molecule has 0 unspecified atom stereocenters. The summed E-state index contributed by atoms with van der Waals surface area (Å²) >= 11 is 0. The minimum Gasteiger partial charge on any atom is -0.339 e. The summed E-state index contributed by atoms with van der Waals surface area (Å²) in [6.45, 7) is 8.81. The van der Waals surface area contributed by atoms with E-state index in [1.807, 2.05) is 11.8 Å². The van der Waals surface area contributed by atoms with Crippen LogP contribution >= 0.6 is 0 Å². The fraction of sp³-hybridized carbons (Fsp3) is 0.900. The lowest BCUT2D eigenvalue weighted by Crippen LogP contribution is -2.52. The van der Waals surface area contributed by atoms with Crippen molar-refractivity contribution in [2.75, 3.05) is 32.7 Å². The number of amides is 1. The van der Waals surface area contributed by atoms with Gasteiger partial charge in [-0.2, -0.15) is 0 Å². The van der Waals surface area contributed by atoms with Crippen LogP contribution in [-0.4, -0.2) is 54.5 Å². The molecule has 0 aromatic heterocycles. The molecule has 4 heteroatoms. The Hall–Kier alpha value is -0.610. The fourth-order valence-electron chi connectivity index (χ4n) is 1.69. The summed E-state index contributed by atoms with van der Waals surface area (Å²) in [5.41, 5.74) is 5.71. The molecule has 4 nitrogen and oxygen atoms in total. The lowest BCUT2D eigenvalue weighted by atomic mass is 10.2. The van der Waals surface area contributed by atoms with Gasteiger partial charge in [0.05, 0.1) is 6.04 Å². The molecule has 14 heavy (non-hydrogen) atoms. The van der Waals surface area contributed by atoms with Crippen LogP contribution in [0, 0.1) is 0 Å². The topological polar surface area (TPSA) is 49.6 Å². The van der Waals surface area contributed by atoms with E-state index < -0.39 is 0 Å². The highest BCUT2D eigenvalue weighted by Crippen LogP contribution is 2.04. The molecule has 0 spiro atoms. The molecule has 0 aromatic rings. The zero-order valence-corrected chi connectivity index (χ0v) is 9.20. The number of rotatable bonds is 3. The van der Waals surface area contributed by atoms with Crippen molar-refractivity contribution in [1.29, 1.82) is 0 Å². The van der Waals surface area contributed by atoms with Gasteiger partial charge in [0.15, 0.2) is 0 Å². The third-order valence-corrected chi connectivity index (χ3v) is 2.89. The maximum absolute atomic E-state index is 11.7. The van der Waals surface area contributed by atoms with Crippen molar-refractivity contribution in [1.82, 2.24) is 9.80 Å². The second kappa shape index (κ2) is 5.32. The molecule has 1 fully saturated rings. The van der Waals surface area contributed by atoms with Crippen molar-refractivity contribution < 1.29 is 4.79 Å². The maximum atomic E-state index is 11.7. The van der Waals surface area contributed by atoms with Crippen LogP contribution in [0.5, 0.6) is 0 Å². The molecule has 0 aliphatic carbocycles. The van der Waals surface area contributed by atoms with Gasteiger partial charge >= 0.3 is 0 Å². The summed E-state index contributed by atoms with van der Waals surface area (Å²) in [7, 11) is 0. The molecular weight excluding hydrogens is 178 g/mol. The first-order chi connectivity index (χ1) is 6.69. The van der Waals surface area contributed by atoms with Crippen molar-refractivity contribution in [2.24, 2.45) is 5.73 Å². The number of hydrogen-bond donors (Lipinski definition) is 1. The standard InChI is InChI=1S/C10H21N3O/c1-3-9(11)10(14)13-7-5-12(4-2)6-8-13/h9H,3-8,11H2,1-2H3/t9-/m1/s1. The number of piperazine rings is 1. The monoisotopic (exact) mass is 199 g/mol. The minimum absolute atomic E-state index is 0.114. The lowest BCUT2D eigenvalue weighted by molar-refractivity contribution is -0.134. The van der Waals surface area contributed by atoms with Gasteiger partial charge in [-0.1, -0.05) is 13.8 Å². The van der Waals surface area contributed by atoms with Crippen molar-refractivity contribution in [3.63, 3.8) is 0 Å². The van der Waals surface area contributed by atoms with Gasteiger partial charge in [0, 0.05) is 26.2 Å². The molecule has 0 bridgehead atoms. The van der Waals surface area contributed by atoms with Crippen LogP contribution in [0.1, 0.15) is 20.3 Å². The smallest absolute Gasteiger partial charge is 0.239 e. The maximum Gasteiger partial charge on any atom is 0.239 e. The Bertz CT molecular complexity index is 188. The highest BCUT2D eigenvalue weighted by atomic mass is 16.2. The van der Waals surface area contributed by atoms with E-state index in [9.17, 15) is 4.79 Å². The average Bonchev–Trinajstić information content (AvgIpc) is 2.27. The van der Waals surface area contributed by atoms with Gasteiger partial charge < -0.3 is 15.5 Å². The van der Waals surface area contributed by atoms with Gasteiger partial charge in [0.25, 0.3) is 0 Å². The molecule has 1 rings (SSSR count). The summed E-state index contributed by atoms with van der Waals surface area (Å²) in [5.74, 6) is 0.114. The second-order valence-electron chi connectivity index (χ2n) is 3.77. The van der Waals surface area contributed by atoms with Crippen LogP contribution in [0.3, 0.4) is 0 Å². The highest BCUT2D eigenvalue weighted by Gasteiger charge is 2.23. The third kappa shape index (κ3) is 2.69. The molecule has 1 amide bonds. The van der Waals surface area contributed by atoms with Crippen LogP contribution < -0.4 is 5.73 Å². The van der Waals surface area contributed by atoms with Crippen molar-refractivity contribution in [2.45, 2.75) is 26.3 Å². The van der Waals surface area contributed by atoms with Crippen LogP contribution in [0.25, 0.3) is 0 Å². The molecule has 82 valence electrons. The zero-order chi connectivity index (χ0) is 10.6. The Morgan fingerprint density at radius 3 is 2.29 bits per heavy atom. The number of nitrogens with zero attached hydrogens (tertiary/aromatic N) is 2. The predicted octanol–water partition coefficient (Wildman–Crippen LogP) is -0.112. The first-order valence-corrected chi connectivity index (χ1v) is 5.45. The SMILES string of the molecule is CC[C@@H](N)C(=O)N1CCN(CC)CC1. The van der Waals surface area contributed by atoms with Crippen LogP contribution in [-0.2, 0) is 4.79 Å². The quantitative estimate of drug-likeness (QED) is 0.690. The Morgan fingerprint density at radius 1 is 1.29 bits per heavy atom. The number of carbonyl (C=O) groups is 1. The lowest BCUT2D eigenvalue weighted by Gasteiger charge is -2.35. The van der Waals surface area contributed by atoms with Gasteiger partial charge in [0.2, 0.25) is 5.91 Å². The number of hydrogen-bond acceptors (Lipinski definition) is 3. The summed E-state index contributed by atoms with van der Waals surface area (Å²) in [6, 6.07) is -0.303. The van der Waals surface area contributed by atoms with Gasteiger partial charge in [-0.3, -0.25) is 4.79 Å². The van der Waals surface area contributed by atoms with E-state index in [1.54, 1.807) is 0 Å². The van der Waals surface area contributed by atoms with Crippen molar-refractivity contribution in [3.8, 4) is 0 Å². The van der Waals surface area contributed by atoms with E-state index in [-0.39, 0.29) is 11.9 Å². The highest BCUT2D eigenvalue weighted by molar-refractivity contribution is 5.81. The second-order valence-corrected chi connectivity index (χ2v) is 3.77. The molecule has 0 aromatic carbocycles. The molecule has 2 N–H and O–H groups in total. The Labute approximate surface area is 86.0 Å². The molecular formula is C10H21N3O. The van der Waals surface area contributed by atoms with Crippen LogP contribution in [0.4, 0.5) is 0 Å². The van der Waals surface area contributed by atoms with E-state index in [1.165, 1.54) is 0 Å². The first kappa shape index (κ1) is 11.5. The summed E-state index contributed by atoms with van der Waals surface area (Å²) < 4.78 is 0. The van der Waals surface area contributed by atoms with E-state index in [2.05, 4.69) is 11.8 Å². The number of likely N-dealkylation sites (N-methyl/N-ethyl adjacent to an activating group) is 1. The van der Waals surface area contributed by atoms with Gasteiger partial charge in [-0.05, 0) is 13.0 Å². The Balaban J connectivity index is 2.37. The van der Waals surface area contributed by atoms with Gasteiger partial charge in [0.1, 0.15) is 0 Å². The first-order valence-electron chi connectivity index (χ1n) is 5.45. The summed E-state index contributed by atoms with van der Waals surface area (Å²) in [4.78, 5) is 15.9. The molecule has 1 aliphatic heterocycles. The van der Waals surface area contributed by atoms with E-state index in [4.69, 9.17) is 5.73 Å². The fourth-order valence-corrected chi connectivity index (χ4v) is 1.69. The zero-order valence-electron chi connectivity index (χ0n) is 9.20. The normalized spacial score (nSPS) is 20.9. The van der Waals surface area contributed by atoms with Gasteiger partial charge in [-0.25, -0.2) is 0 Å². The minimum atomic E-state index is -0.303. The third-order valence-electron chi connectivity index (χ3n) is 2.89. The van der Waals surface area contributed by atoms with Crippen LogP contribution in [0.15, 0.2) is 0 Å². The number of nitrogens with two attached hydrogens (primary N) is 1. The molecule has 1 atom stereocenters.